The van der Waals surface area contributed by atoms with Gasteiger partial charge in [-0.15, -0.1) is 0 Å². The van der Waals surface area contributed by atoms with Gasteiger partial charge in [0.2, 0.25) is 11.4 Å². The van der Waals surface area contributed by atoms with Gasteiger partial charge in [0, 0.05) is 12.8 Å². The van der Waals surface area contributed by atoms with Crippen LogP contribution in [0.2, 0.25) is 0 Å². The minimum absolute atomic E-state index is 0.0403. The summed E-state index contributed by atoms with van der Waals surface area (Å²) < 4.78 is 0. The predicted octanol–water partition coefficient (Wildman–Crippen LogP) is 5.54. The minimum Gasteiger partial charge on any atom is -0.303 e. The third-order valence-corrected chi connectivity index (χ3v) is 3.85. The van der Waals surface area contributed by atoms with Gasteiger partial charge in [-0.25, -0.2) is 0 Å². The maximum Gasteiger partial charge on any atom is 0.246 e. The van der Waals surface area contributed by atoms with E-state index >= 15 is 0 Å². The molecule has 0 bridgehead atoms. The van der Waals surface area contributed by atoms with Crippen LogP contribution in [0.25, 0.3) is 0 Å². The summed E-state index contributed by atoms with van der Waals surface area (Å²) in [5, 5.41) is 22.2. The van der Waals surface area contributed by atoms with E-state index in [9.17, 15) is 25.0 Å². The van der Waals surface area contributed by atoms with Crippen molar-refractivity contribution in [2.75, 3.05) is 0 Å². The first-order valence-corrected chi connectivity index (χ1v) is 9.43. The van der Waals surface area contributed by atoms with E-state index in [4.69, 9.17) is 0 Å². The zero-order chi connectivity index (χ0) is 20.3. The second kappa shape index (κ2) is 16.9. The number of unbranched alkanes of at least 4 members (excludes halogenated alkanes) is 4. The molecule has 0 radical (unpaired) electrons. The second-order valence-corrected chi connectivity index (χ2v) is 6.05. The minimum atomic E-state index is -0.446. The van der Waals surface area contributed by atoms with Gasteiger partial charge in [0.15, 0.2) is 0 Å². The highest BCUT2D eigenvalue weighted by atomic mass is 16.6. The summed E-state index contributed by atoms with van der Waals surface area (Å²) in [6.45, 7) is 2.04. The second-order valence-electron chi connectivity index (χ2n) is 6.05. The summed E-state index contributed by atoms with van der Waals surface area (Å²) in [6.07, 6.45) is 17.5. The van der Waals surface area contributed by atoms with Crippen LogP contribution >= 0.6 is 0 Å². The van der Waals surface area contributed by atoms with Gasteiger partial charge in [-0.1, -0.05) is 44.1 Å². The van der Waals surface area contributed by atoms with Crippen LogP contribution < -0.4 is 0 Å². The number of carbonyl (C=O) groups is 1. The van der Waals surface area contributed by atoms with Crippen LogP contribution in [0.15, 0.2) is 47.9 Å². The average Bonchev–Trinajstić information content (AvgIpc) is 2.63. The molecule has 0 N–H and O–H groups in total. The normalized spacial score (nSPS) is 12.8. The van der Waals surface area contributed by atoms with Gasteiger partial charge in [0.25, 0.3) is 0 Å². The van der Waals surface area contributed by atoms with Crippen molar-refractivity contribution in [3.05, 3.63) is 68.1 Å². The molecule has 0 aliphatic carbocycles. The fourth-order valence-corrected chi connectivity index (χ4v) is 2.36. The quantitative estimate of drug-likeness (QED) is 0.115. The number of rotatable bonds is 16. The van der Waals surface area contributed by atoms with Crippen molar-refractivity contribution in [2.45, 2.75) is 71.1 Å². The largest absolute Gasteiger partial charge is 0.303 e. The summed E-state index contributed by atoms with van der Waals surface area (Å²) >= 11 is 0. The van der Waals surface area contributed by atoms with Crippen molar-refractivity contribution < 1.29 is 14.6 Å². The summed E-state index contributed by atoms with van der Waals surface area (Å²) in [5.41, 5.74) is 0.128. The Morgan fingerprint density at radius 2 is 1.44 bits per heavy atom. The van der Waals surface area contributed by atoms with Gasteiger partial charge in [0.1, 0.15) is 6.29 Å². The number of allylic oxidation sites excluding steroid dienone is 7. The highest BCUT2D eigenvalue weighted by Crippen LogP contribution is 2.13. The van der Waals surface area contributed by atoms with Crippen LogP contribution in [0.4, 0.5) is 0 Å². The van der Waals surface area contributed by atoms with Crippen molar-refractivity contribution in [1.82, 2.24) is 0 Å². The number of carbonyl (C=O) groups excluding carboxylic acids is 1. The van der Waals surface area contributed by atoms with E-state index in [0.717, 1.165) is 38.4 Å². The van der Waals surface area contributed by atoms with Gasteiger partial charge < -0.3 is 4.79 Å². The predicted molar refractivity (Wildman–Crippen MR) is 106 cm³/mol. The van der Waals surface area contributed by atoms with E-state index in [1.807, 2.05) is 25.2 Å². The molecular formula is C20H30N2O5. The van der Waals surface area contributed by atoms with Crippen molar-refractivity contribution in [3.8, 4) is 0 Å². The molecular weight excluding hydrogens is 348 g/mol. The summed E-state index contributed by atoms with van der Waals surface area (Å²) in [4.78, 5) is 31.5. The molecule has 0 rings (SSSR count). The molecule has 0 aliphatic rings. The molecule has 150 valence electrons. The van der Waals surface area contributed by atoms with E-state index in [0.29, 0.717) is 19.3 Å². The van der Waals surface area contributed by atoms with E-state index in [-0.39, 0.29) is 24.2 Å². The lowest BCUT2D eigenvalue weighted by atomic mass is 10.1. The molecule has 0 aromatic carbocycles. The molecule has 7 nitrogen and oxygen atoms in total. The fourth-order valence-electron chi connectivity index (χ4n) is 2.36. The number of aldehydes is 1. The van der Waals surface area contributed by atoms with Gasteiger partial charge in [-0.05, 0) is 44.3 Å². The van der Waals surface area contributed by atoms with E-state index in [2.05, 4.69) is 0 Å². The SMILES string of the molecule is CC/C=C\C/C=C\C/C(=C\C/C=C(\CCCCCCC=O)[N+](=O)[O-])[N+](=O)[O-]. The van der Waals surface area contributed by atoms with Crippen molar-refractivity contribution in [2.24, 2.45) is 0 Å². The van der Waals surface area contributed by atoms with Crippen LogP contribution in [0.1, 0.15) is 71.1 Å². The first-order valence-electron chi connectivity index (χ1n) is 9.43. The first kappa shape index (κ1) is 24.4. The molecule has 0 fully saturated rings. The van der Waals surface area contributed by atoms with Crippen LogP contribution in [0, 0.1) is 20.2 Å². The van der Waals surface area contributed by atoms with Crippen molar-refractivity contribution in [1.29, 1.82) is 0 Å². The van der Waals surface area contributed by atoms with Crippen LogP contribution in [-0.4, -0.2) is 16.1 Å². The van der Waals surface area contributed by atoms with Gasteiger partial charge in [-0.3, -0.25) is 20.2 Å². The lowest BCUT2D eigenvalue weighted by molar-refractivity contribution is -0.428. The highest BCUT2D eigenvalue weighted by molar-refractivity contribution is 5.48. The van der Waals surface area contributed by atoms with E-state index in [1.54, 1.807) is 6.08 Å². The molecule has 0 aliphatic heterocycles. The van der Waals surface area contributed by atoms with Crippen molar-refractivity contribution in [3.63, 3.8) is 0 Å². The topological polar surface area (TPSA) is 103 Å². The molecule has 0 atom stereocenters. The third-order valence-electron chi connectivity index (χ3n) is 3.85. The Morgan fingerprint density at radius 3 is 2.07 bits per heavy atom. The Hall–Kier alpha value is -2.57. The molecule has 0 saturated heterocycles. The maximum atomic E-state index is 11.1. The Kier molecular flexibility index (Phi) is 15.3. The summed E-state index contributed by atoms with van der Waals surface area (Å²) in [7, 11) is 0. The maximum absolute atomic E-state index is 11.1. The fraction of sp³-hybridized carbons (Fsp3) is 0.550. The number of hydrogen-bond donors (Lipinski definition) is 0. The van der Waals surface area contributed by atoms with Crippen LogP contribution in [0.5, 0.6) is 0 Å². The highest BCUT2D eigenvalue weighted by Gasteiger charge is 2.11. The molecule has 0 spiro atoms. The molecule has 0 aromatic heterocycles. The Balaban J connectivity index is 4.54. The standard InChI is InChI=1S/C20H30N2O5/c1-2-3-4-5-7-10-14-19(21(24)25)16-13-17-20(22(26)27)15-11-8-6-9-12-18-23/h3-4,7,10,16-18H,2,5-6,8-9,11-15H2,1H3/b4-3-,10-7-,19-16+,20-17+. The van der Waals surface area contributed by atoms with Crippen LogP contribution in [0.3, 0.4) is 0 Å². The van der Waals surface area contributed by atoms with E-state index in [1.165, 1.54) is 12.2 Å². The van der Waals surface area contributed by atoms with Gasteiger partial charge >= 0.3 is 0 Å². The smallest absolute Gasteiger partial charge is 0.246 e. The Labute approximate surface area is 160 Å². The summed E-state index contributed by atoms with van der Waals surface area (Å²) in [5.74, 6) is 0. The molecule has 7 heteroatoms. The third kappa shape index (κ3) is 14.3. The van der Waals surface area contributed by atoms with Gasteiger partial charge in [-0.2, -0.15) is 0 Å². The van der Waals surface area contributed by atoms with Gasteiger partial charge in [0.05, 0.1) is 16.3 Å². The average molecular weight is 378 g/mol. The lowest BCUT2D eigenvalue weighted by Gasteiger charge is -1.99. The number of nitro groups is 2. The van der Waals surface area contributed by atoms with Crippen molar-refractivity contribution >= 4 is 6.29 Å². The molecule has 0 heterocycles. The monoisotopic (exact) mass is 378 g/mol. The Morgan fingerprint density at radius 1 is 0.815 bits per heavy atom. The molecule has 27 heavy (non-hydrogen) atoms. The lowest BCUT2D eigenvalue weighted by Crippen LogP contribution is -2.00. The zero-order valence-electron chi connectivity index (χ0n) is 16.0. The zero-order valence-corrected chi connectivity index (χ0v) is 16.0. The van der Waals surface area contributed by atoms with Crippen LogP contribution in [-0.2, 0) is 4.79 Å². The molecule has 0 unspecified atom stereocenters. The van der Waals surface area contributed by atoms with E-state index < -0.39 is 9.85 Å². The summed E-state index contributed by atoms with van der Waals surface area (Å²) in [6, 6.07) is 0. The first-order chi connectivity index (χ1) is 13.0. The number of hydrogen-bond acceptors (Lipinski definition) is 5. The molecule has 0 amide bonds. The number of nitrogens with zero attached hydrogens (tertiary/aromatic N) is 2. The Bertz CT molecular complexity index is 577. The molecule has 0 aromatic rings. The molecule has 0 saturated carbocycles.